The van der Waals surface area contributed by atoms with Crippen LogP contribution < -0.4 is 19.8 Å². The molecule has 4 saturated heterocycles. The van der Waals surface area contributed by atoms with Crippen molar-refractivity contribution in [2.24, 2.45) is 0 Å². The molecule has 3 amide bonds. The van der Waals surface area contributed by atoms with Gasteiger partial charge in [0.25, 0.3) is 5.91 Å². The molecule has 13 nitrogen and oxygen atoms in total. The lowest BCUT2D eigenvalue weighted by atomic mass is 9.89. The molecule has 0 aliphatic carbocycles. The van der Waals surface area contributed by atoms with Crippen LogP contribution >= 0.6 is 18.9 Å². The van der Waals surface area contributed by atoms with Crippen molar-refractivity contribution in [2.75, 3.05) is 37.7 Å². The number of carbonyl (C=O) groups excluding carboxylic acids is 4. The summed E-state index contributed by atoms with van der Waals surface area (Å²) in [5.41, 5.74) is 2.39. The minimum absolute atomic E-state index is 0.0309. The standard InChI is InChI=1S/C43H50FN6O7PS/c1-3-21-56-43(54)27(2)47-58(55,57-32-10-5-4-6-11-32)39(44)28-13-16-37-29(22-28)23-38(59-37)40(51)46-34-12-7-9-31-14-15-36(50(31)41(34)52)42(53)49-25-30(26-49)33-24-45-18-17-35(33)48-19-8-20-48/h4-6,10-11,13,16-18,22-24,27,30-31,34,36,39H,3,7-9,12,14-15,19-21,25-26H2,1-2H3,(H,46,51)(H,47,55)/t27-,31-,34-,36-,39+,58?/m0/s1. The summed E-state index contributed by atoms with van der Waals surface area (Å²) in [6.07, 6.45) is 8.79. The van der Waals surface area contributed by atoms with Gasteiger partial charge in [0.05, 0.1) is 11.5 Å². The first kappa shape index (κ1) is 40.9. The molecular weight excluding hydrogens is 795 g/mol. The fourth-order valence-corrected chi connectivity index (χ4v) is 11.4. The van der Waals surface area contributed by atoms with Gasteiger partial charge in [-0.3, -0.25) is 28.7 Å². The Kier molecular flexibility index (Phi) is 12.1. The number of thiophene rings is 1. The van der Waals surface area contributed by atoms with Crippen molar-refractivity contribution in [1.82, 2.24) is 25.2 Å². The smallest absolute Gasteiger partial charge is 0.355 e. The number of ether oxygens (including phenoxy) is 1. The zero-order valence-corrected chi connectivity index (χ0v) is 35.0. The van der Waals surface area contributed by atoms with Crippen molar-refractivity contribution in [3.63, 3.8) is 0 Å². The van der Waals surface area contributed by atoms with E-state index in [0.717, 1.165) is 32.4 Å². The van der Waals surface area contributed by atoms with Gasteiger partial charge in [0.2, 0.25) is 17.7 Å². The quantitative estimate of drug-likeness (QED) is 0.101. The van der Waals surface area contributed by atoms with E-state index in [0.29, 0.717) is 47.3 Å². The monoisotopic (exact) mass is 844 g/mol. The Labute approximate surface area is 347 Å². The lowest BCUT2D eigenvalue weighted by Crippen LogP contribution is -2.58. The van der Waals surface area contributed by atoms with E-state index in [1.54, 1.807) is 47.4 Å². The number of fused-ring (bicyclic) bond motifs is 2. The Bertz CT molecular complexity index is 2250. The molecule has 0 radical (unpaired) electrons. The molecular formula is C43H50FN6O7PS. The number of likely N-dealkylation sites (tertiary alicyclic amines) is 1. The van der Waals surface area contributed by atoms with Crippen molar-refractivity contribution in [3.05, 3.63) is 89.1 Å². The Balaban J connectivity index is 0.939. The van der Waals surface area contributed by atoms with E-state index in [1.165, 1.54) is 48.1 Å². The zero-order chi connectivity index (χ0) is 41.3. The van der Waals surface area contributed by atoms with E-state index in [-0.39, 0.29) is 41.7 Å². The zero-order valence-electron chi connectivity index (χ0n) is 33.3. The lowest BCUT2D eigenvalue weighted by molar-refractivity contribution is -0.148. The SMILES string of the molecule is CCCOC(=O)[C@H](C)NP(=O)(Oc1ccccc1)[C@@H](F)c1ccc2sc(C(=O)N[C@H]3CCC[C@H]4CC[C@@H](C(=O)N5CC(c6cnccc6N6CCC6)C5)N4C3=O)cc2c1. The lowest BCUT2D eigenvalue weighted by Gasteiger charge is -2.44. The van der Waals surface area contributed by atoms with Gasteiger partial charge in [0.1, 0.15) is 23.9 Å². The van der Waals surface area contributed by atoms with Crippen LogP contribution in [0.4, 0.5) is 10.1 Å². The Morgan fingerprint density at radius 2 is 1.81 bits per heavy atom. The summed E-state index contributed by atoms with van der Waals surface area (Å²) < 4.78 is 42.4. The van der Waals surface area contributed by atoms with Gasteiger partial charge < -0.3 is 29.3 Å². The van der Waals surface area contributed by atoms with E-state index < -0.39 is 43.4 Å². The third-order valence-corrected chi connectivity index (χ3v) is 15.1. The number of hydrogen-bond acceptors (Lipinski definition) is 10. The molecule has 6 heterocycles. The number of benzene rings is 2. The van der Waals surface area contributed by atoms with E-state index in [1.807, 2.05) is 24.2 Å². The number of aromatic nitrogens is 1. The second-order valence-electron chi connectivity index (χ2n) is 15.9. The Hall–Kier alpha value is -4.85. The van der Waals surface area contributed by atoms with Gasteiger partial charge >= 0.3 is 13.5 Å². The number of alkyl halides is 1. The average Bonchev–Trinajstić information content (AvgIpc) is 3.79. The molecule has 2 N–H and O–H groups in total. The summed E-state index contributed by atoms with van der Waals surface area (Å²) in [6.45, 7) is 6.69. The van der Waals surface area contributed by atoms with Crippen LogP contribution in [0.1, 0.15) is 91.4 Å². The second-order valence-corrected chi connectivity index (χ2v) is 19.1. The van der Waals surface area contributed by atoms with E-state index in [2.05, 4.69) is 26.4 Å². The number of anilines is 1. The van der Waals surface area contributed by atoms with Crippen LogP contribution in [0.3, 0.4) is 0 Å². The summed E-state index contributed by atoms with van der Waals surface area (Å²) in [4.78, 5) is 65.1. The van der Waals surface area contributed by atoms with Gasteiger partial charge in [0, 0.05) is 66.5 Å². The molecule has 312 valence electrons. The van der Waals surface area contributed by atoms with Crippen LogP contribution in [0, 0.1) is 0 Å². The van der Waals surface area contributed by atoms with Gasteiger partial charge in [-0.2, -0.15) is 0 Å². The molecule has 4 aromatic rings. The number of carbonyl (C=O) groups is 4. The minimum Gasteiger partial charge on any atom is -0.465 e. The fourth-order valence-electron chi connectivity index (χ4n) is 8.54. The largest absolute Gasteiger partial charge is 0.465 e. The number of para-hydroxylation sites is 1. The second kappa shape index (κ2) is 17.4. The van der Waals surface area contributed by atoms with Gasteiger partial charge in [0.15, 0.2) is 0 Å². The molecule has 0 bridgehead atoms. The molecule has 2 aromatic heterocycles. The fraction of sp³-hybridized carbons (Fsp3) is 0.465. The van der Waals surface area contributed by atoms with Crippen molar-refractivity contribution in [3.8, 4) is 5.75 Å². The molecule has 4 aliphatic heterocycles. The summed E-state index contributed by atoms with van der Waals surface area (Å²) in [6, 6.07) is 13.9. The number of amides is 3. The highest BCUT2D eigenvalue weighted by molar-refractivity contribution is 7.57. The predicted octanol–water partition coefficient (Wildman–Crippen LogP) is 6.95. The van der Waals surface area contributed by atoms with Crippen LogP contribution in [-0.2, 0) is 23.7 Å². The minimum atomic E-state index is -4.44. The first-order chi connectivity index (χ1) is 28.5. The highest BCUT2D eigenvalue weighted by Crippen LogP contribution is 2.58. The topological polar surface area (TPSA) is 150 Å². The maximum Gasteiger partial charge on any atom is 0.355 e. The Morgan fingerprint density at radius 3 is 2.56 bits per heavy atom. The number of hydrogen-bond donors (Lipinski definition) is 2. The first-order valence-corrected chi connectivity index (χ1v) is 23.1. The molecule has 1 unspecified atom stereocenters. The van der Waals surface area contributed by atoms with Gasteiger partial charge in [-0.15, -0.1) is 11.3 Å². The maximum absolute atomic E-state index is 16.5. The summed E-state index contributed by atoms with van der Waals surface area (Å²) in [5, 5.41) is 6.09. The van der Waals surface area contributed by atoms with E-state index in [4.69, 9.17) is 9.26 Å². The van der Waals surface area contributed by atoms with Gasteiger partial charge in [-0.05, 0) is 99.2 Å². The number of nitrogens with zero attached hydrogens (tertiary/aromatic N) is 4. The predicted molar refractivity (Wildman–Crippen MR) is 223 cm³/mol. The summed E-state index contributed by atoms with van der Waals surface area (Å²) in [5.74, 6) is -3.22. The third-order valence-electron chi connectivity index (χ3n) is 11.8. The maximum atomic E-state index is 16.5. The third kappa shape index (κ3) is 8.47. The number of halogens is 1. The molecule has 0 saturated carbocycles. The van der Waals surface area contributed by atoms with Crippen LogP contribution in [0.5, 0.6) is 5.75 Å². The molecule has 8 rings (SSSR count). The van der Waals surface area contributed by atoms with E-state index >= 15 is 4.39 Å². The van der Waals surface area contributed by atoms with Gasteiger partial charge in [-0.1, -0.05) is 31.2 Å². The van der Waals surface area contributed by atoms with Crippen LogP contribution in [0.25, 0.3) is 10.1 Å². The molecule has 16 heteroatoms. The number of esters is 1. The first-order valence-electron chi connectivity index (χ1n) is 20.6. The van der Waals surface area contributed by atoms with Crippen LogP contribution in [0.15, 0.2) is 73.1 Å². The molecule has 4 fully saturated rings. The molecule has 59 heavy (non-hydrogen) atoms. The average molecular weight is 845 g/mol. The molecule has 0 spiro atoms. The highest BCUT2D eigenvalue weighted by atomic mass is 32.1. The molecule has 2 aromatic carbocycles. The number of nitrogens with one attached hydrogen (secondary N) is 2. The van der Waals surface area contributed by atoms with Crippen molar-refractivity contribution < 1.29 is 37.4 Å². The number of pyridine rings is 1. The molecule has 6 atom stereocenters. The van der Waals surface area contributed by atoms with Crippen LogP contribution in [-0.4, -0.2) is 95.4 Å². The highest BCUT2D eigenvalue weighted by Gasteiger charge is 2.48. The normalized spacial score (nSPS) is 22.7. The van der Waals surface area contributed by atoms with Crippen molar-refractivity contribution in [2.45, 2.75) is 94.8 Å². The van der Waals surface area contributed by atoms with Gasteiger partial charge in [-0.25, -0.2) is 9.48 Å². The summed E-state index contributed by atoms with van der Waals surface area (Å²) >= 11 is 1.19. The van der Waals surface area contributed by atoms with Crippen molar-refractivity contribution >= 4 is 58.3 Å². The van der Waals surface area contributed by atoms with E-state index in [9.17, 15) is 23.7 Å². The number of rotatable bonds is 14. The summed E-state index contributed by atoms with van der Waals surface area (Å²) in [7, 11) is -4.44. The molecule has 4 aliphatic rings. The van der Waals surface area contributed by atoms with Crippen molar-refractivity contribution in [1.29, 1.82) is 0 Å². The Morgan fingerprint density at radius 1 is 1.02 bits per heavy atom. The van der Waals surface area contributed by atoms with Crippen LogP contribution in [0.2, 0.25) is 0 Å².